The van der Waals surface area contributed by atoms with Crippen molar-refractivity contribution in [1.29, 1.82) is 0 Å². The van der Waals surface area contributed by atoms with Gasteiger partial charge in [-0.1, -0.05) is 0 Å². The van der Waals surface area contributed by atoms with Crippen molar-refractivity contribution in [2.75, 3.05) is 59.8 Å². The molecule has 0 spiro atoms. The fourth-order valence-corrected chi connectivity index (χ4v) is 1.40. The molecule has 0 bridgehead atoms. The Hall–Kier alpha value is -0.200. The van der Waals surface area contributed by atoms with Crippen LogP contribution >= 0.6 is 0 Å². The maximum Gasteiger partial charge on any atom is 0.0701 e. The third kappa shape index (κ3) is 17.8. The van der Waals surface area contributed by atoms with E-state index in [1.807, 2.05) is 0 Å². The van der Waals surface area contributed by atoms with E-state index in [2.05, 4.69) is 19.2 Å². The van der Waals surface area contributed by atoms with Gasteiger partial charge in [-0.25, -0.2) is 0 Å². The summed E-state index contributed by atoms with van der Waals surface area (Å²) in [4.78, 5) is 0. The second kappa shape index (κ2) is 15.9. The van der Waals surface area contributed by atoms with Gasteiger partial charge in [-0.2, -0.15) is 0 Å². The average Bonchev–Trinajstić information content (AvgIpc) is 2.39. The maximum atomic E-state index is 5.47. The van der Waals surface area contributed by atoms with Crippen LogP contribution in [0.25, 0.3) is 0 Å². The van der Waals surface area contributed by atoms with Crippen LogP contribution in [-0.2, 0) is 18.9 Å². The first kappa shape index (κ1) is 18.8. The Labute approximate surface area is 117 Å². The van der Waals surface area contributed by atoms with Crippen molar-refractivity contribution < 1.29 is 18.9 Å². The van der Waals surface area contributed by atoms with Crippen LogP contribution in [-0.4, -0.2) is 65.9 Å². The first-order chi connectivity index (χ1) is 9.27. The molecule has 5 nitrogen and oxygen atoms in total. The summed E-state index contributed by atoms with van der Waals surface area (Å²) in [7, 11) is 1.67. The highest BCUT2D eigenvalue weighted by Crippen LogP contribution is 1.93. The molecule has 0 saturated carbocycles. The van der Waals surface area contributed by atoms with Gasteiger partial charge >= 0.3 is 0 Å². The Morgan fingerprint density at radius 2 is 1.47 bits per heavy atom. The second-order valence-electron chi connectivity index (χ2n) is 4.59. The Morgan fingerprint density at radius 1 is 0.789 bits per heavy atom. The molecule has 0 aliphatic rings. The van der Waals surface area contributed by atoms with Crippen molar-refractivity contribution in [2.45, 2.75) is 32.8 Å². The Kier molecular flexibility index (Phi) is 15.7. The van der Waals surface area contributed by atoms with Crippen LogP contribution in [0.5, 0.6) is 0 Å². The summed E-state index contributed by atoms with van der Waals surface area (Å²) in [6.45, 7) is 10.2. The minimum Gasteiger partial charge on any atom is -0.382 e. The molecule has 0 rings (SSSR count). The minimum absolute atomic E-state index is 0.340. The normalized spacial score (nSPS) is 11.4. The Balaban J connectivity index is 2.91. The van der Waals surface area contributed by atoms with Gasteiger partial charge in [0.15, 0.2) is 0 Å². The molecule has 0 aromatic rings. The van der Waals surface area contributed by atoms with Crippen LogP contribution in [0.2, 0.25) is 0 Å². The SMILES string of the molecule is COCCOCCOCCNCCCCOC(C)C. The van der Waals surface area contributed by atoms with Crippen molar-refractivity contribution in [1.82, 2.24) is 5.32 Å². The van der Waals surface area contributed by atoms with E-state index < -0.39 is 0 Å². The van der Waals surface area contributed by atoms with Gasteiger partial charge in [0.1, 0.15) is 0 Å². The number of methoxy groups -OCH3 is 1. The molecule has 0 saturated heterocycles. The van der Waals surface area contributed by atoms with E-state index in [1.54, 1.807) is 7.11 Å². The highest BCUT2D eigenvalue weighted by atomic mass is 16.5. The molecule has 0 aromatic carbocycles. The molecule has 116 valence electrons. The van der Waals surface area contributed by atoms with E-state index in [9.17, 15) is 0 Å². The van der Waals surface area contributed by atoms with Gasteiger partial charge in [0.25, 0.3) is 0 Å². The van der Waals surface area contributed by atoms with E-state index in [-0.39, 0.29) is 0 Å². The minimum atomic E-state index is 0.340. The van der Waals surface area contributed by atoms with Gasteiger partial charge in [0.2, 0.25) is 0 Å². The monoisotopic (exact) mass is 277 g/mol. The predicted octanol–water partition coefficient (Wildman–Crippen LogP) is 1.46. The lowest BCUT2D eigenvalue weighted by Gasteiger charge is -2.08. The summed E-state index contributed by atoms with van der Waals surface area (Å²) in [6, 6.07) is 0. The summed E-state index contributed by atoms with van der Waals surface area (Å²) in [5.74, 6) is 0. The summed E-state index contributed by atoms with van der Waals surface area (Å²) < 4.78 is 21.0. The standard InChI is InChI=1S/C14H31NO4/c1-14(2)19-8-5-4-6-15-7-9-17-12-13-18-11-10-16-3/h14-15H,4-13H2,1-3H3. The topological polar surface area (TPSA) is 49.0 Å². The number of unbranched alkanes of at least 4 members (excludes halogenated alkanes) is 1. The molecule has 5 heteroatoms. The third-order valence-electron chi connectivity index (χ3n) is 2.43. The van der Waals surface area contributed by atoms with Gasteiger partial charge in [-0.05, 0) is 33.2 Å². The predicted molar refractivity (Wildman–Crippen MR) is 76.7 cm³/mol. The van der Waals surface area contributed by atoms with Gasteiger partial charge < -0.3 is 24.3 Å². The summed E-state index contributed by atoms with van der Waals surface area (Å²) >= 11 is 0. The Morgan fingerprint density at radius 3 is 2.16 bits per heavy atom. The first-order valence-corrected chi connectivity index (χ1v) is 7.24. The fraction of sp³-hybridized carbons (Fsp3) is 1.00. The lowest BCUT2D eigenvalue weighted by molar-refractivity contribution is 0.0255. The van der Waals surface area contributed by atoms with Crippen LogP contribution in [0, 0.1) is 0 Å². The smallest absolute Gasteiger partial charge is 0.0701 e. The zero-order valence-electron chi connectivity index (χ0n) is 12.8. The molecule has 0 aliphatic heterocycles. The van der Waals surface area contributed by atoms with Gasteiger partial charge in [0, 0.05) is 20.3 Å². The molecule has 0 unspecified atom stereocenters. The quantitative estimate of drug-likeness (QED) is 0.459. The number of hydrogen-bond acceptors (Lipinski definition) is 5. The van der Waals surface area contributed by atoms with Crippen LogP contribution in [0.3, 0.4) is 0 Å². The molecule has 19 heavy (non-hydrogen) atoms. The third-order valence-corrected chi connectivity index (χ3v) is 2.43. The van der Waals surface area contributed by atoms with E-state index in [4.69, 9.17) is 18.9 Å². The number of rotatable bonds is 15. The molecule has 1 N–H and O–H groups in total. The molecule has 0 amide bonds. The zero-order chi connectivity index (χ0) is 14.2. The largest absolute Gasteiger partial charge is 0.382 e. The molecule has 0 heterocycles. The van der Waals surface area contributed by atoms with E-state index in [0.29, 0.717) is 32.5 Å². The Bertz CT molecular complexity index is 168. The lowest BCUT2D eigenvalue weighted by Crippen LogP contribution is -2.22. The van der Waals surface area contributed by atoms with Crippen LogP contribution in [0.1, 0.15) is 26.7 Å². The number of nitrogens with one attached hydrogen (secondary N) is 1. The summed E-state index contributed by atoms with van der Waals surface area (Å²) in [5.41, 5.74) is 0. The summed E-state index contributed by atoms with van der Waals surface area (Å²) in [5, 5.41) is 3.34. The maximum absolute atomic E-state index is 5.47. The highest BCUT2D eigenvalue weighted by Gasteiger charge is 1.94. The lowest BCUT2D eigenvalue weighted by atomic mass is 10.3. The van der Waals surface area contributed by atoms with Crippen molar-refractivity contribution in [2.24, 2.45) is 0 Å². The molecule has 0 atom stereocenters. The zero-order valence-corrected chi connectivity index (χ0v) is 12.8. The molecule has 0 aliphatic carbocycles. The van der Waals surface area contributed by atoms with Crippen molar-refractivity contribution in [3.8, 4) is 0 Å². The van der Waals surface area contributed by atoms with Crippen LogP contribution in [0.15, 0.2) is 0 Å². The van der Waals surface area contributed by atoms with Crippen molar-refractivity contribution in [3.63, 3.8) is 0 Å². The van der Waals surface area contributed by atoms with Crippen LogP contribution in [0.4, 0.5) is 0 Å². The molecule has 0 aromatic heterocycles. The molecule has 0 radical (unpaired) electrons. The van der Waals surface area contributed by atoms with E-state index in [0.717, 1.165) is 39.1 Å². The van der Waals surface area contributed by atoms with E-state index in [1.165, 1.54) is 0 Å². The fourth-order valence-electron chi connectivity index (χ4n) is 1.40. The molecule has 0 fully saturated rings. The highest BCUT2D eigenvalue weighted by molar-refractivity contribution is 4.48. The molecular formula is C14H31NO4. The van der Waals surface area contributed by atoms with Gasteiger partial charge in [0.05, 0.1) is 39.1 Å². The number of ether oxygens (including phenoxy) is 4. The van der Waals surface area contributed by atoms with Crippen molar-refractivity contribution in [3.05, 3.63) is 0 Å². The molecular weight excluding hydrogens is 246 g/mol. The average molecular weight is 277 g/mol. The van der Waals surface area contributed by atoms with E-state index >= 15 is 0 Å². The van der Waals surface area contributed by atoms with Gasteiger partial charge in [-0.15, -0.1) is 0 Å². The van der Waals surface area contributed by atoms with Crippen LogP contribution < -0.4 is 5.32 Å². The van der Waals surface area contributed by atoms with Crippen molar-refractivity contribution >= 4 is 0 Å². The second-order valence-corrected chi connectivity index (χ2v) is 4.59. The number of hydrogen-bond donors (Lipinski definition) is 1. The first-order valence-electron chi connectivity index (χ1n) is 7.24. The summed E-state index contributed by atoms with van der Waals surface area (Å²) in [6.07, 6.45) is 2.60. The van der Waals surface area contributed by atoms with Gasteiger partial charge in [-0.3, -0.25) is 0 Å².